The van der Waals surface area contributed by atoms with Crippen LogP contribution < -0.4 is 0 Å². The second kappa shape index (κ2) is 7.81. The largest absolute Gasteiger partial charge is 0.467 e. The zero-order valence-corrected chi connectivity index (χ0v) is 14.1. The topological polar surface area (TPSA) is 82.4 Å². The van der Waals surface area contributed by atoms with Gasteiger partial charge in [0.2, 0.25) is 5.91 Å². The molecular weight excluding hydrogens is 318 g/mol. The minimum absolute atomic E-state index is 0.0963. The highest BCUT2D eigenvalue weighted by atomic mass is 16.4. The third-order valence-electron chi connectivity index (χ3n) is 3.93. The molecule has 0 saturated heterocycles. The summed E-state index contributed by atoms with van der Waals surface area (Å²) in [5.41, 5.74) is 2.60. The quantitative estimate of drug-likeness (QED) is 0.693. The summed E-state index contributed by atoms with van der Waals surface area (Å²) in [6, 6.07) is 15.0. The highest BCUT2D eigenvalue weighted by Crippen LogP contribution is 2.17. The lowest BCUT2D eigenvalue weighted by Crippen LogP contribution is -2.35. The van der Waals surface area contributed by atoms with Crippen molar-refractivity contribution < 1.29 is 14.3 Å². The predicted molar refractivity (Wildman–Crippen MR) is 92.6 cm³/mol. The van der Waals surface area contributed by atoms with Crippen molar-refractivity contribution in [3.8, 4) is 0 Å². The Kier molecular flexibility index (Phi) is 5.30. The summed E-state index contributed by atoms with van der Waals surface area (Å²) < 4.78 is 5.24. The van der Waals surface area contributed by atoms with Crippen LogP contribution in [-0.2, 0) is 17.8 Å². The van der Waals surface area contributed by atoms with Gasteiger partial charge in [0, 0.05) is 12.2 Å². The Morgan fingerprint density at radius 1 is 1.28 bits per heavy atom. The van der Waals surface area contributed by atoms with Gasteiger partial charge in [0.05, 0.1) is 24.9 Å². The molecule has 6 nitrogen and oxygen atoms in total. The minimum Gasteiger partial charge on any atom is -0.467 e. The van der Waals surface area contributed by atoms with Crippen molar-refractivity contribution in [2.24, 2.45) is 0 Å². The number of carbonyl (C=O) groups is 1. The van der Waals surface area contributed by atoms with Gasteiger partial charge < -0.3 is 14.4 Å². The number of nitrogens with one attached hydrogen (secondary N) is 1. The van der Waals surface area contributed by atoms with Gasteiger partial charge in [0.15, 0.2) is 0 Å². The molecule has 2 aromatic heterocycles. The Labute approximate surface area is 146 Å². The summed E-state index contributed by atoms with van der Waals surface area (Å²) in [4.78, 5) is 14.4. The van der Waals surface area contributed by atoms with E-state index < -0.39 is 6.10 Å². The van der Waals surface area contributed by atoms with E-state index in [0.717, 1.165) is 11.3 Å². The van der Waals surface area contributed by atoms with Crippen molar-refractivity contribution in [1.29, 1.82) is 0 Å². The van der Waals surface area contributed by atoms with Crippen LogP contribution in [0.2, 0.25) is 0 Å². The summed E-state index contributed by atoms with van der Waals surface area (Å²) in [5.74, 6) is 0.349. The number of rotatable bonds is 7. The third kappa shape index (κ3) is 4.58. The normalized spacial score (nSPS) is 12.1. The van der Waals surface area contributed by atoms with E-state index in [0.29, 0.717) is 18.0 Å². The van der Waals surface area contributed by atoms with Crippen molar-refractivity contribution in [1.82, 2.24) is 15.1 Å². The van der Waals surface area contributed by atoms with E-state index in [4.69, 9.17) is 4.42 Å². The average molecular weight is 339 g/mol. The van der Waals surface area contributed by atoms with Crippen LogP contribution in [0.3, 0.4) is 0 Å². The van der Waals surface area contributed by atoms with E-state index in [-0.39, 0.29) is 18.9 Å². The molecule has 130 valence electrons. The van der Waals surface area contributed by atoms with Crippen molar-refractivity contribution in [2.45, 2.75) is 26.0 Å². The molecule has 0 aliphatic heterocycles. The maximum Gasteiger partial charge on any atom is 0.229 e. The molecule has 2 heterocycles. The zero-order chi connectivity index (χ0) is 17.6. The molecule has 1 unspecified atom stereocenters. The SMILES string of the molecule is Cc1cc(CC(=O)N(Cc2ccccc2)CC(O)c2ccco2)n[nH]1. The number of amides is 1. The van der Waals surface area contributed by atoms with Crippen molar-refractivity contribution >= 4 is 5.91 Å². The van der Waals surface area contributed by atoms with E-state index in [1.54, 1.807) is 17.0 Å². The summed E-state index contributed by atoms with van der Waals surface area (Å²) in [7, 11) is 0. The first-order valence-electron chi connectivity index (χ1n) is 8.16. The molecule has 0 bridgehead atoms. The monoisotopic (exact) mass is 339 g/mol. The molecule has 0 fully saturated rings. The van der Waals surface area contributed by atoms with Crippen LogP contribution in [0.15, 0.2) is 59.2 Å². The number of hydrogen-bond acceptors (Lipinski definition) is 4. The number of carbonyl (C=O) groups excluding carboxylic acids is 1. The Balaban J connectivity index is 1.74. The fourth-order valence-corrected chi connectivity index (χ4v) is 2.67. The maximum atomic E-state index is 12.8. The van der Waals surface area contributed by atoms with Gasteiger partial charge in [-0.1, -0.05) is 30.3 Å². The molecule has 3 aromatic rings. The molecule has 6 heteroatoms. The molecule has 0 saturated carbocycles. The van der Waals surface area contributed by atoms with Gasteiger partial charge in [-0.25, -0.2) is 0 Å². The number of aliphatic hydroxyl groups excluding tert-OH is 1. The fourth-order valence-electron chi connectivity index (χ4n) is 2.67. The molecule has 0 spiro atoms. The van der Waals surface area contributed by atoms with Gasteiger partial charge in [0.25, 0.3) is 0 Å². The number of benzene rings is 1. The molecule has 3 rings (SSSR count). The van der Waals surface area contributed by atoms with Crippen molar-refractivity contribution in [3.05, 3.63) is 77.5 Å². The first-order chi connectivity index (χ1) is 12.1. The van der Waals surface area contributed by atoms with E-state index in [1.807, 2.05) is 43.3 Å². The number of furan rings is 1. The van der Waals surface area contributed by atoms with Gasteiger partial charge in [0.1, 0.15) is 11.9 Å². The molecule has 2 N–H and O–H groups in total. The van der Waals surface area contributed by atoms with Crippen molar-refractivity contribution in [3.63, 3.8) is 0 Å². The number of aryl methyl sites for hydroxylation is 1. The number of hydrogen-bond donors (Lipinski definition) is 2. The number of aromatic nitrogens is 2. The molecule has 1 aromatic carbocycles. The Morgan fingerprint density at radius 3 is 2.72 bits per heavy atom. The van der Waals surface area contributed by atoms with Gasteiger partial charge in [-0.15, -0.1) is 0 Å². The first-order valence-corrected chi connectivity index (χ1v) is 8.16. The Bertz CT molecular complexity index is 796. The summed E-state index contributed by atoms with van der Waals surface area (Å²) in [6.45, 7) is 2.47. The van der Waals surface area contributed by atoms with E-state index >= 15 is 0 Å². The third-order valence-corrected chi connectivity index (χ3v) is 3.93. The molecule has 1 atom stereocenters. The van der Waals surface area contributed by atoms with E-state index in [2.05, 4.69) is 10.2 Å². The number of aliphatic hydroxyl groups is 1. The summed E-state index contributed by atoms with van der Waals surface area (Å²) in [5, 5.41) is 17.3. The number of nitrogens with zero attached hydrogens (tertiary/aromatic N) is 2. The smallest absolute Gasteiger partial charge is 0.229 e. The van der Waals surface area contributed by atoms with E-state index in [1.165, 1.54) is 6.26 Å². The molecule has 0 radical (unpaired) electrons. The lowest BCUT2D eigenvalue weighted by atomic mass is 10.1. The van der Waals surface area contributed by atoms with Gasteiger partial charge in [-0.05, 0) is 30.7 Å². The fraction of sp³-hybridized carbons (Fsp3) is 0.263. The van der Waals surface area contributed by atoms with Crippen LogP contribution in [0, 0.1) is 6.92 Å². The van der Waals surface area contributed by atoms with E-state index in [9.17, 15) is 9.90 Å². The lowest BCUT2D eigenvalue weighted by Gasteiger charge is -2.24. The number of H-pyrrole nitrogens is 1. The van der Waals surface area contributed by atoms with Gasteiger partial charge in [-0.3, -0.25) is 9.89 Å². The summed E-state index contributed by atoms with van der Waals surface area (Å²) >= 11 is 0. The van der Waals surface area contributed by atoms with Crippen LogP contribution in [0.1, 0.15) is 28.8 Å². The number of aromatic amines is 1. The van der Waals surface area contributed by atoms with Crippen molar-refractivity contribution in [2.75, 3.05) is 6.54 Å². The summed E-state index contributed by atoms with van der Waals surface area (Å²) in [6.07, 6.45) is 0.819. The molecule has 0 aliphatic rings. The molecule has 25 heavy (non-hydrogen) atoms. The second-order valence-corrected chi connectivity index (χ2v) is 6.01. The van der Waals surface area contributed by atoms with Crippen LogP contribution in [0.25, 0.3) is 0 Å². The molecule has 1 amide bonds. The maximum absolute atomic E-state index is 12.8. The average Bonchev–Trinajstić information content (AvgIpc) is 3.27. The van der Waals surface area contributed by atoms with Crippen LogP contribution >= 0.6 is 0 Å². The molecule has 0 aliphatic carbocycles. The Hall–Kier alpha value is -2.86. The minimum atomic E-state index is -0.872. The predicted octanol–water partition coefficient (Wildman–Crippen LogP) is 2.62. The first kappa shape index (κ1) is 17.0. The van der Waals surface area contributed by atoms with Crippen LogP contribution in [0.4, 0.5) is 0 Å². The Morgan fingerprint density at radius 2 is 2.08 bits per heavy atom. The lowest BCUT2D eigenvalue weighted by molar-refractivity contribution is -0.132. The second-order valence-electron chi connectivity index (χ2n) is 6.01. The zero-order valence-electron chi connectivity index (χ0n) is 14.1. The molecular formula is C19H21N3O3. The van der Waals surface area contributed by atoms with Crippen LogP contribution in [0.5, 0.6) is 0 Å². The highest BCUT2D eigenvalue weighted by Gasteiger charge is 2.21. The van der Waals surface area contributed by atoms with Gasteiger partial charge >= 0.3 is 0 Å². The standard InChI is InChI=1S/C19H21N3O3/c1-14-10-16(21-20-14)11-19(24)22(12-15-6-3-2-4-7-15)13-17(23)18-8-5-9-25-18/h2-10,17,23H,11-13H2,1H3,(H,20,21). The highest BCUT2D eigenvalue weighted by molar-refractivity contribution is 5.78. The van der Waals surface area contributed by atoms with Gasteiger partial charge in [-0.2, -0.15) is 5.10 Å². The van der Waals surface area contributed by atoms with Crippen LogP contribution in [-0.4, -0.2) is 32.7 Å².